The lowest BCUT2D eigenvalue weighted by molar-refractivity contribution is 0.181. The summed E-state index contributed by atoms with van der Waals surface area (Å²) in [6, 6.07) is 0.712. The predicted molar refractivity (Wildman–Crippen MR) is 126 cm³/mol. The van der Waals surface area contributed by atoms with Gasteiger partial charge in [-0.2, -0.15) is 0 Å². The molecule has 0 saturated carbocycles. The second kappa shape index (κ2) is 13.0. The van der Waals surface area contributed by atoms with E-state index in [-0.39, 0.29) is 0 Å². The van der Waals surface area contributed by atoms with Crippen molar-refractivity contribution in [3.8, 4) is 0 Å². The van der Waals surface area contributed by atoms with Crippen molar-refractivity contribution in [2.45, 2.75) is 143 Å². The summed E-state index contributed by atoms with van der Waals surface area (Å²) in [7, 11) is 0. The van der Waals surface area contributed by atoms with Crippen molar-refractivity contribution >= 4 is 0 Å². The van der Waals surface area contributed by atoms with Gasteiger partial charge in [-0.3, -0.25) is 0 Å². The van der Waals surface area contributed by atoms with Crippen LogP contribution in [0.4, 0.5) is 0 Å². The molecule has 0 aromatic rings. The number of likely N-dealkylation sites (tertiary alicyclic amines) is 1. The summed E-state index contributed by atoms with van der Waals surface area (Å²) in [5.41, 5.74) is 2.17. The molecule has 0 aromatic carbocycles. The van der Waals surface area contributed by atoms with E-state index in [2.05, 4.69) is 38.7 Å². The predicted octanol–water partition coefficient (Wildman–Crippen LogP) is 8.88. The minimum absolute atomic E-state index is 0.461. The van der Waals surface area contributed by atoms with Gasteiger partial charge in [-0.05, 0) is 38.0 Å². The van der Waals surface area contributed by atoms with Crippen molar-refractivity contribution < 1.29 is 0 Å². The van der Waals surface area contributed by atoms with Gasteiger partial charge in [-0.15, -0.1) is 0 Å². The van der Waals surface area contributed by atoms with E-state index in [1.165, 1.54) is 116 Å². The molecule has 164 valence electrons. The van der Waals surface area contributed by atoms with Gasteiger partial charge in [0.2, 0.25) is 0 Å². The number of unbranched alkanes of at least 4 members (excludes halogenated alkanes) is 13. The number of nitrogens with zero attached hydrogens (tertiary/aromatic N) is 1. The molecule has 2 unspecified atom stereocenters. The van der Waals surface area contributed by atoms with Crippen LogP contribution in [0.1, 0.15) is 137 Å². The average molecular weight is 390 g/mol. The van der Waals surface area contributed by atoms with E-state index in [0.29, 0.717) is 11.5 Å². The maximum atomic E-state index is 2.78. The van der Waals surface area contributed by atoms with Crippen LogP contribution in [-0.2, 0) is 0 Å². The Bertz CT molecular complexity index is 436. The summed E-state index contributed by atoms with van der Waals surface area (Å²) >= 11 is 0. The number of hydrogen-bond donors (Lipinski definition) is 0. The summed E-state index contributed by atoms with van der Waals surface area (Å²) < 4.78 is 0. The second-order valence-electron chi connectivity index (χ2n) is 10.4. The summed E-state index contributed by atoms with van der Waals surface area (Å²) in [5.74, 6) is 0.822. The highest BCUT2D eigenvalue weighted by Crippen LogP contribution is 2.51. The lowest BCUT2D eigenvalue weighted by Gasteiger charge is -2.32. The molecular formula is C27H51N. The molecule has 1 heteroatoms. The molecule has 1 nitrogen and oxygen atoms in total. The van der Waals surface area contributed by atoms with Gasteiger partial charge in [0, 0.05) is 24.2 Å². The van der Waals surface area contributed by atoms with Crippen LogP contribution < -0.4 is 0 Å². The number of fused-ring (bicyclic) bond motifs is 1. The van der Waals surface area contributed by atoms with Gasteiger partial charge >= 0.3 is 0 Å². The fourth-order valence-electron chi connectivity index (χ4n) is 5.65. The summed E-state index contributed by atoms with van der Waals surface area (Å²) in [5, 5.41) is 0. The first-order valence-electron chi connectivity index (χ1n) is 13.1. The van der Waals surface area contributed by atoms with Crippen LogP contribution >= 0.6 is 0 Å². The molecule has 0 aromatic heterocycles. The molecule has 1 saturated heterocycles. The SMILES string of the molecule is CCCCCCCCCCCCCCCCN1C2=CCCCC2C(C)(C)C1C. The lowest BCUT2D eigenvalue weighted by atomic mass is 9.72. The molecule has 0 bridgehead atoms. The van der Waals surface area contributed by atoms with Gasteiger partial charge in [-0.1, -0.05) is 110 Å². The third-order valence-corrected chi connectivity index (χ3v) is 7.93. The van der Waals surface area contributed by atoms with Crippen LogP contribution in [0.3, 0.4) is 0 Å². The quantitative estimate of drug-likeness (QED) is 0.253. The molecule has 28 heavy (non-hydrogen) atoms. The number of allylic oxidation sites excluding steroid dienone is 2. The van der Waals surface area contributed by atoms with Crippen molar-refractivity contribution in [1.29, 1.82) is 0 Å². The summed E-state index contributed by atoms with van der Waals surface area (Å²) in [4.78, 5) is 2.78. The van der Waals surface area contributed by atoms with Gasteiger partial charge in [0.15, 0.2) is 0 Å². The second-order valence-corrected chi connectivity index (χ2v) is 10.4. The Kier molecular flexibility index (Phi) is 11.0. The minimum atomic E-state index is 0.461. The topological polar surface area (TPSA) is 3.24 Å². The molecule has 1 aliphatic heterocycles. The van der Waals surface area contributed by atoms with Crippen molar-refractivity contribution in [3.63, 3.8) is 0 Å². The highest BCUT2D eigenvalue weighted by Gasteiger charge is 2.48. The van der Waals surface area contributed by atoms with E-state index in [1.807, 2.05) is 0 Å². The van der Waals surface area contributed by atoms with Gasteiger partial charge in [0.25, 0.3) is 0 Å². The van der Waals surface area contributed by atoms with Crippen LogP contribution in [0.25, 0.3) is 0 Å². The van der Waals surface area contributed by atoms with E-state index in [1.54, 1.807) is 5.70 Å². The molecule has 2 atom stereocenters. The normalized spacial score (nSPS) is 23.7. The average Bonchev–Trinajstić information content (AvgIpc) is 2.89. The molecule has 0 amide bonds. The first kappa shape index (κ1) is 23.8. The third kappa shape index (κ3) is 7.10. The molecule has 1 heterocycles. The molecule has 2 rings (SSSR count). The Morgan fingerprint density at radius 2 is 1.32 bits per heavy atom. The van der Waals surface area contributed by atoms with E-state index in [4.69, 9.17) is 0 Å². The fourth-order valence-corrected chi connectivity index (χ4v) is 5.65. The monoisotopic (exact) mass is 389 g/mol. The summed E-state index contributed by atoms with van der Waals surface area (Å²) in [6.07, 6.45) is 27.0. The zero-order chi connectivity index (χ0) is 20.2. The van der Waals surface area contributed by atoms with Crippen molar-refractivity contribution in [2.75, 3.05) is 6.54 Å². The van der Waals surface area contributed by atoms with Crippen molar-refractivity contribution in [1.82, 2.24) is 4.90 Å². The minimum Gasteiger partial charge on any atom is -0.372 e. The Hall–Kier alpha value is -0.460. The zero-order valence-electron chi connectivity index (χ0n) is 19.9. The summed E-state index contributed by atoms with van der Waals surface area (Å²) in [6.45, 7) is 11.1. The maximum absolute atomic E-state index is 2.78. The number of hydrogen-bond acceptors (Lipinski definition) is 1. The van der Waals surface area contributed by atoms with Crippen LogP contribution in [0.15, 0.2) is 11.8 Å². The Balaban J connectivity index is 1.46. The Morgan fingerprint density at radius 1 is 0.821 bits per heavy atom. The van der Waals surface area contributed by atoms with Crippen LogP contribution in [0, 0.1) is 11.3 Å². The smallest absolute Gasteiger partial charge is 0.0316 e. The van der Waals surface area contributed by atoms with Gasteiger partial charge in [-0.25, -0.2) is 0 Å². The molecule has 0 radical (unpaired) electrons. The first-order chi connectivity index (χ1) is 13.6. The van der Waals surface area contributed by atoms with E-state index in [0.717, 1.165) is 5.92 Å². The van der Waals surface area contributed by atoms with E-state index in [9.17, 15) is 0 Å². The van der Waals surface area contributed by atoms with Crippen LogP contribution in [0.2, 0.25) is 0 Å². The lowest BCUT2D eigenvalue weighted by Crippen LogP contribution is -2.34. The molecule has 0 N–H and O–H groups in total. The van der Waals surface area contributed by atoms with Crippen molar-refractivity contribution in [3.05, 3.63) is 11.8 Å². The van der Waals surface area contributed by atoms with E-state index < -0.39 is 0 Å². The van der Waals surface area contributed by atoms with Gasteiger partial charge in [0.1, 0.15) is 0 Å². The zero-order valence-corrected chi connectivity index (χ0v) is 19.9. The van der Waals surface area contributed by atoms with Crippen molar-refractivity contribution in [2.24, 2.45) is 11.3 Å². The van der Waals surface area contributed by atoms with E-state index >= 15 is 0 Å². The third-order valence-electron chi connectivity index (χ3n) is 7.93. The maximum Gasteiger partial charge on any atom is 0.0316 e. The highest BCUT2D eigenvalue weighted by atomic mass is 15.2. The molecule has 0 spiro atoms. The fraction of sp³-hybridized carbons (Fsp3) is 0.926. The molecule has 2 aliphatic rings. The molecule has 1 fully saturated rings. The van der Waals surface area contributed by atoms with Crippen LogP contribution in [-0.4, -0.2) is 17.5 Å². The first-order valence-corrected chi connectivity index (χ1v) is 13.1. The highest BCUT2D eigenvalue weighted by molar-refractivity contribution is 5.21. The molecule has 1 aliphatic carbocycles. The molecular weight excluding hydrogens is 338 g/mol. The Morgan fingerprint density at radius 3 is 1.86 bits per heavy atom. The standard InChI is InChI=1S/C27H51N/c1-5-6-7-8-9-10-11-12-13-14-15-16-17-20-23-28-24(2)27(3,4)25-21-18-19-22-26(25)28/h22,24-25H,5-21,23H2,1-4H3. The van der Waals surface area contributed by atoms with Crippen LogP contribution in [0.5, 0.6) is 0 Å². The van der Waals surface area contributed by atoms with Gasteiger partial charge in [0.05, 0.1) is 0 Å². The largest absolute Gasteiger partial charge is 0.372 e. The Labute approximate surface area is 177 Å². The van der Waals surface area contributed by atoms with Gasteiger partial charge < -0.3 is 4.90 Å². The number of rotatable bonds is 15.